The maximum Gasteiger partial charge on any atom is 0.152 e. The Labute approximate surface area is 155 Å². The summed E-state index contributed by atoms with van der Waals surface area (Å²) in [6.45, 7) is 8.68. The van der Waals surface area contributed by atoms with Crippen LogP contribution in [0.3, 0.4) is 0 Å². The maximum absolute atomic E-state index is 6.00. The molecule has 3 aliphatic rings. The predicted molar refractivity (Wildman–Crippen MR) is 107 cm³/mol. The summed E-state index contributed by atoms with van der Waals surface area (Å²) in [6.07, 6.45) is 10.5. The Morgan fingerprint density at radius 2 is 1.96 bits per heavy atom. The molecule has 4 unspecified atom stereocenters. The van der Waals surface area contributed by atoms with Gasteiger partial charge in [0.25, 0.3) is 0 Å². The molecule has 1 aromatic rings. The van der Waals surface area contributed by atoms with Crippen LogP contribution in [-0.4, -0.2) is 34.9 Å². The van der Waals surface area contributed by atoms with Crippen molar-refractivity contribution in [2.45, 2.75) is 32.1 Å². The smallest absolute Gasteiger partial charge is 0.152 e. The zero-order valence-corrected chi connectivity index (χ0v) is 15.6. The number of likely N-dealkylation sites (N-methyl/N-ethyl adjacent to an activating group) is 1. The molecule has 4 heteroatoms. The first kappa shape index (κ1) is 16.7. The number of rotatable bonds is 2. The fourth-order valence-electron chi connectivity index (χ4n) is 4.47. The first-order valence-corrected chi connectivity index (χ1v) is 9.15. The third-order valence-electron chi connectivity index (χ3n) is 5.78. The van der Waals surface area contributed by atoms with Crippen LogP contribution < -0.4 is 5.73 Å². The van der Waals surface area contributed by atoms with E-state index in [1.54, 1.807) is 6.20 Å². The summed E-state index contributed by atoms with van der Waals surface area (Å²) >= 11 is 0. The number of amidine groups is 1. The van der Waals surface area contributed by atoms with E-state index >= 15 is 0 Å². The van der Waals surface area contributed by atoms with E-state index in [0.29, 0.717) is 5.92 Å². The standard InChI is InChI=1S/C22H26N4/c1-14-9-5-6-10-17(14)16(3)24-21-20(13-23)25(4)22-15(2)18-11-7-8-12-19(18)26(21)22/h5-13,16,18-19,22H,2,23H2,1,3-4H3/b20-13+,24-21?. The minimum atomic E-state index is 0.0590. The minimum absolute atomic E-state index is 0.0590. The quantitative estimate of drug-likeness (QED) is 0.834. The second-order valence-corrected chi connectivity index (χ2v) is 7.29. The zero-order valence-electron chi connectivity index (χ0n) is 15.6. The molecule has 4 atom stereocenters. The molecule has 2 aliphatic heterocycles. The van der Waals surface area contributed by atoms with Crippen molar-refractivity contribution in [3.63, 3.8) is 0 Å². The second-order valence-electron chi connectivity index (χ2n) is 7.29. The monoisotopic (exact) mass is 346 g/mol. The first-order chi connectivity index (χ1) is 12.5. The molecule has 1 aliphatic carbocycles. The summed E-state index contributed by atoms with van der Waals surface area (Å²) in [5.41, 5.74) is 10.7. The molecule has 4 rings (SSSR count). The van der Waals surface area contributed by atoms with Crippen LogP contribution in [0.1, 0.15) is 24.1 Å². The van der Waals surface area contributed by atoms with Crippen molar-refractivity contribution in [2.24, 2.45) is 16.6 Å². The van der Waals surface area contributed by atoms with E-state index in [2.05, 4.69) is 85.8 Å². The van der Waals surface area contributed by atoms with Gasteiger partial charge in [-0.05, 0) is 30.5 Å². The number of hydrogen-bond donors (Lipinski definition) is 1. The highest BCUT2D eigenvalue weighted by atomic mass is 15.5. The van der Waals surface area contributed by atoms with Crippen LogP contribution in [0.25, 0.3) is 0 Å². The molecule has 0 radical (unpaired) electrons. The van der Waals surface area contributed by atoms with Crippen molar-refractivity contribution in [2.75, 3.05) is 7.05 Å². The summed E-state index contributed by atoms with van der Waals surface area (Å²) in [5.74, 6) is 1.29. The van der Waals surface area contributed by atoms with Crippen molar-refractivity contribution in [3.05, 3.63) is 83.7 Å². The predicted octanol–water partition coefficient (Wildman–Crippen LogP) is 3.51. The average molecular weight is 346 g/mol. The maximum atomic E-state index is 6.00. The van der Waals surface area contributed by atoms with Gasteiger partial charge in [-0.15, -0.1) is 0 Å². The summed E-state index contributed by atoms with van der Waals surface area (Å²) in [4.78, 5) is 9.71. The Balaban J connectivity index is 1.79. The van der Waals surface area contributed by atoms with Gasteiger partial charge in [0.05, 0.1) is 17.8 Å². The molecule has 0 amide bonds. The first-order valence-electron chi connectivity index (χ1n) is 9.15. The van der Waals surface area contributed by atoms with Crippen LogP contribution in [0.15, 0.2) is 77.6 Å². The minimum Gasteiger partial charge on any atom is -0.403 e. The highest BCUT2D eigenvalue weighted by molar-refractivity contribution is 6.01. The van der Waals surface area contributed by atoms with E-state index in [1.807, 2.05) is 0 Å². The van der Waals surface area contributed by atoms with Crippen LogP contribution in [0.4, 0.5) is 0 Å². The van der Waals surface area contributed by atoms with E-state index in [4.69, 9.17) is 10.7 Å². The van der Waals surface area contributed by atoms with Crippen LogP contribution in [0.5, 0.6) is 0 Å². The summed E-state index contributed by atoms with van der Waals surface area (Å²) in [7, 11) is 2.08. The van der Waals surface area contributed by atoms with E-state index in [9.17, 15) is 0 Å². The molecule has 26 heavy (non-hydrogen) atoms. The number of hydrogen-bond acceptors (Lipinski definition) is 3. The molecule has 2 N–H and O–H groups in total. The molecule has 0 saturated carbocycles. The summed E-state index contributed by atoms with van der Waals surface area (Å²) in [6, 6.07) is 8.74. The second kappa shape index (κ2) is 6.20. The molecular formula is C22H26N4. The average Bonchev–Trinajstić information content (AvgIpc) is 3.09. The van der Waals surface area contributed by atoms with Crippen molar-refractivity contribution in [1.82, 2.24) is 9.80 Å². The number of nitrogens with zero attached hydrogens (tertiary/aromatic N) is 3. The normalized spacial score (nSPS) is 31.0. The Bertz CT molecular complexity index is 861. The Hall–Kier alpha value is -2.75. The molecule has 0 bridgehead atoms. The summed E-state index contributed by atoms with van der Waals surface area (Å²) < 4.78 is 0. The lowest BCUT2D eigenvalue weighted by Gasteiger charge is -2.27. The molecule has 2 saturated heterocycles. The van der Waals surface area contributed by atoms with Gasteiger partial charge in [-0.1, -0.05) is 55.1 Å². The molecular weight excluding hydrogens is 320 g/mol. The lowest BCUT2D eigenvalue weighted by Crippen LogP contribution is -2.38. The van der Waals surface area contributed by atoms with Crippen molar-refractivity contribution >= 4 is 5.84 Å². The summed E-state index contributed by atoms with van der Waals surface area (Å²) in [5, 5.41) is 0. The van der Waals surface area contributed by atoms with Gasteiger partial charge in [0.1, 0.15) is 6.17 Å². The number of allylic oxidation sites excluding steroid dienone is 2. The topological polar surface area (TPSA) is 44.9 Å². The Morgan fingerprint density at radius 3 is 2.69 bits per heavy atom. The lowest BCUT2D eigenvalue weighted by atomic mass is 9.91. The number of aryl methyl sites for hydroxylation is 1. The van der Waals surface area contributed by atoms with Crippen LogP contribution in [0, 0.1) is 12.8 Å². The van der Waals surface area contributed by atoms with Gasteiger partial charge in [0.2, 0.25) is 0 Å². The molecule has 0 spiro atoms. The number of nitrogens with two attached hydrogens (primary N) is 1. The number of benzene rings is 1. The molecule has 134 valence electrons. The molecule has 1 aromatic carbocycles. The highest BCUT2D eigenvalue weighted by Crippen LogP contribution is 2.45. The molecule has 0 aromatic heterocycles. The largest absolute Gasteiger partial charge is 0.403 e. The van der Waals surface area contributed by atoms with Gasteiger partial charge in [0, 0.05) is 19.2 Å². The van der Waals surface area contributed by atoms with E-state index in [1.165, 1.54) is 16.7 Å². The highest BCUT2D eigenvalue weighted by Gasteiger charge is 2.51. The van der Waals surface area contributed by atoms with Crippen LogP contribution in [-0.2, 0) is 0 Å². The van der Waals surface area contributed by atoms with Gasteiger partial charge in [-0.2, -0.15) is 0 Å². The third-order valence-corrected chi connectivity index (χ3v) is 5.78. The lowest BCUT2D eigenvalue weighted by molar-refractivity contribution is 0.251. The zero-order chi connectivity index (χ0) is 18.4. The Kier molecular flexibility index (Phi) is 3.98. The fraction of sp³-hybridized carbons (Fsp3) is 0.318. The van der Waals surface area contributed by atoms with Gasteiger partial charge in [0.15, 0.2) is 5.84 Å². The molecule has 2 heterocycles. The number of aliphatic imine (C=N–C) groups is 1. The van der Waals surface area contributed by atoms with E-state index in [-0.39, 0.29) is 18.2 Å². The van der Waals surface area contributed by atoms with Gasteiger partial charge in [-0.25, -0.2) is 0 Å². The third kappa shape index (κ3) is 2.32. The number of fused-ring (bicyclic) bond motifs is 3. The van der Waals surface area contributed by atoms with Gasteiger partial charge < -0.3 is 15.5 Å². The van der Waals surface area contributed by atoms with Crippen LogP contribution in [0.2, 0.25) is 0 Å². The fourth-order valence-corrected chi connectivity index (χ4v) is 4.47. The SMILES string of the molecule is C=C1C2C=CC=CC2N2C(=NC(C)c3ccccc3C)/C(=C\N)N(C)C12. The van der Waals surface area contributed by atoms with E-state index < -0.39 is 0 Å². The van der Waals surface area contributed by atoms with Gasteiger partial charge in [-0.3, -0.25) is 4.99 Å². The molecule has 2 fully saturated rings. The molecule has 4 nitrogen and oxygen atoms in total. The van der Waals surface area contributed by atoms with Crippen molar-refractivity contribution in [3.8, 4) is 0 Å². The van der Waals surface area contributed by atoms with Crippen LogP contribution >= 0.6 is 0 Å². The Morgan fingerprint density at radius 1 is 1.23 bits per heavy atom. The van der Waals surface area contributed by atoms with Crippen molar-refractivity contribution in [1.29, 1.82) is 0 Å². The van der Waals surface area contributed by atoms with Crippen molar-refractivity contribution < 1.29 is 0 Å². The van der Waals surface area contributed by atoms with Gasteiger partial charge >= 0.3 is 0 Å². The van der Waals surface area contributed by atoms with E-state index in [0.717, 1.165) is 11.5 Å².